The van der Waals surface area contributed by atoms with Crippen molar-refractivity contribution in [3.8, 4) is 0 Å². The number of imidazole rings is 1. The first-order valence-corrected chi connectivity index (χ1v) is 12.2. The lowest BCUT2D eigenvalue weighted by molar-refractivity contribution is -0.143. The van der Waals surface area contributed by atoms with Crippen molar-refractivity contribution in [3.05, 3.63) is 54.1 Å². The molecular formula is C25H35N7O6. The number of carboxylic acid groups (broad SMARTS) is 1. The normalized spacial score (nSPS) is 14.1. The van der Waals surface area contributed by atoms with Gasteiger partial charge in [0.2, 0.25) is 23.6 Å². The van der Waals surface area contributed by atoms with Crippen LogP contribution in [0.2, 0.25) is 0 Å². The van der Waals surface area contributed by atoms with E-state index in [2.05, 4.69) is 25.9 Å². The summed E-state index contributed by atoms with van der Waals surface area (Å²) in [5, 5.41) is 17.1. The van der Waals surface area contributed by atoms with Crippen LogP contribution in [0.5, 0.6) is 0 Å². The summed E-state index contributed by atoms with van der Waals surface area (Å²) < 4.78 is 0. The Morgan fingerprint density at radius 2 is 1.58 bits per heavy atom. The average Bonchev–Trinajstić information content (AvgIpc) is 3.37. The standard InChI is InChI=1S/C25H35N7O6/c1-14(2)21(25(37)38)32-24(36)19(10-15-6-4-3-5-7-15)31-23(35)18(8-9-20(27)33)30-22(34)17(26)11-16-12-28-13-29-16/h3-7,12-14,17-19,21H,8-11,26H2,1-2H3,(H2,27,33)(H,28,29)(H,30,34)(H,31,35)(H,32,36)(H,37,38). The van der Waals surface area contributed by atoms with E-state index in [0.29, 0.717) is 11.3 Å². The first kappa shape index (κ1) is 30.0. The first-order valence-electron chi connectivity index (χ1n) is 12.2. The highest BCUT2D eigenvalue weighted by Crippen LogP contribution is 2.08. The van der Waals surface area contributed by atoms with Crippen LogP contribution < -0.4 is 27.4 Å². The molecule has 13 nitrogen and oxygen atoms in total. The number of aromatic amines is 1. The Labute approximate surface area is 220 Å². The van der Waals surface area contributed by atoms with Crippen LogP contribution in [-0.4, -0.2) is 68.8 Å². The lowest BCUT2D eigenvalue weighted by Gasteiger charge is -2.26. The van der Waals surface area contributed by atoms with E-state index < -0.39 is 59.7 Å². The SMILES string of the molecule is CC(C)C(NC(=O)C(Cc1ccccc1)NC(=O)C(CCC(N)=O)NC(=O)C(N)Cc1cnc[nH]1)C(=O)O. The van der Waals surface area contributed by atoms with Crippen LogP contribution in [-0.2, 0) is 36.8 Å². The number of carbonyl (C=O) groups excluding carboxylic acids is 4. The summed E-state index contributed by atoms with van der Waals surface area (Å²) in [6, 6.07) is 4.22. The Morgan fingerprint density at radius 3 is 2.13 bits per heavy atom. The van der Waals surface area contributed by atoms with Crippen molar-refractivity contribution < 1.29 is 29.1 Å². The fourth-order valence-electron chi connectivity index (χ4n) is 3.66. The van der Waals surface area contributed by atoms with Gasteiger partial charge in [-0.3, -0.25) is 19.2 Å². The van der Waals surface area contributed by atoms with Crippen LogP contribution in [0, 0.1) is 5.92 Å². The second-order valence-corrected chi connectivity index (χ2v) is 9.27. The first-order chi connectivity index (χ1) is 18.0. The van der Waals surface area contributed by atoms with Crippen LogP contribution in [0.3, 0.4) is 0 Å². The van der Waals surface area contributed by atoms with Crippen LogP contribution in [0.25, 0.3) is 0 Å². The summed E-state index contributed by atoms with van der Waals surface area (Å²) >= 11 is 0. The molecule has 0 aliphatic rings. The van der Waals surface area contributed by atoms with Gasteiger partial charge in [0.1, 0.15) is 18.1 Å². The molecule has 1 heterocycles. The van der Waals surface area contributed by atoms with Gasteiger partial charge in [0.15, 0.2) is 0 Å². The van der Waals surface area contributed by atoms with Crippen molar-refractivity contribution in [2.24, 2.45) is 17.4 Å². The molecular weight excluding hydrogens is 494 g/mol. The Hall–Kier alpha value is -4.26. The number of primary amides is 1. The molecule has 1 aromatic carbocycles. The largest absolute Gasteiger partial charge is 0.480 e. The molecule has 206 valence electrons. The molecule has 9 N–H and O–H groups in total. The van der Waals surface area contributed by atoms with Gasteiger partial charge in [-0.1, -0.05) is 44.2 Å². The van der Waals surface area contributed by atoms with E-state index in [1.54, 1.807) is 44.2 Å². The fourth-order valence-corrected chi connectivity index (χ4v) is 3.66. The van der Waals surface area contributed by atoms with Gasteiger partial charge in [-0.25, -0.2) is 9.78 Å². The average molecular weight is 530 g/mol. The van der Waals surface area contributed by atoms with Gasteiger partial charge in [0, 0.05) is 31.2 Å². The Morgan fingerprint density at radius 1 is 0.947 bits per heavy atom. The van der Waals surface area contributed by atoms with Crippen LogP contribution in [0.15, 0.2) is 42.9 Å². The lowest BCUT2D eigenvalue weighted by atomic mass is 10.0. The molecule has 4 atom stereocenters. The minimum atomic E-state index is -1.23. The zero-order valence-electron chi connectivity index (χ0n) is 21.3. The zero-order chi connectivity index (χ0) is 28.2. The van der Waals surface area contributed by atoms with Crippen molar-refractivity contribution in [1.29, 1.82) is 0 Å². The Kier molecular flexibility index (Phi) is 11.4. The topological polar surface area (TPSA) is 222 Å². The predicted octanol–water partition coefficient (Wildman–Crippen LogP) is -1.02. The van der Waals surface area contributed by atoms with E-state index in [9.17, 15) is 29.1 Å². The third kappa shape index (κ3) is 9.65. The number of nitrogens with two attached hydrogens (primary N) is 2. The van der Waals surface area contributed by atoms with Crippen molar-refractivity contribution >= 4 is 29.6 Å². The number of aliphatic carboxylic acids is 1. The number of aromatic nitrogens is 2. The van der Waals surface area contributed by atoms with E-state index in [1.165, 1.54) is 12.5 Å². The van der Waals surface area contributed by atoms with Crippen molar-refractivity contribution in [2.75, 3.05) is 0 Å². The summed E-state index contributed by atoms with van der Waals surface area (Å²) in [4.78, 5) is 68.8. The lowest BCUT2D eigenvalue weighted by Crippen LogP contribution is -2.58. The second-order valence-electron chi connectivity index (χ2n) is 9.27. The fraction of sp³-hybridized carbons (Fsp3) is 0.440. The van der Waals surface area contributed by atoms with Crippen LogP contribution in [0.1, 0.15) is 37.9 Å². The molecule has 13 heteroatoms. The third-order valence-electron chi connectivity index (χ3n) is 5.79. The number of nitrogens with one attached hydrogen (secondary N) is 4. The number of carbonyl (C=O) groups is 5. The quantitative estimate of drug-likeness (QED) is 0.151. The summed E-state index contributed by atoms with van der Waals surface area (Å²) in [5.74, 6) is -4.42. The molecule has 2 rings (SSSR count). The number of rotatable bonds is 15. The molecule has 4 amide bonds. The molecule has 2 aromatic rings. The number of benzene rings is 1. The number of nitrogens with zero attached hydrogens (tertiary/aromatic N) is 1. The van der Waals surface area contributed by atoms with Gasteiger partial charge in [-0.2, -0.15) is 0 Å². The minimum absolute atomic E-state index is 0.0542. The molecule has 0 fully saturated rings. The highest BCUT2D eigenvalue weighted by molar-refractivity contribution is 5.94. The van der Waals surface area contributed by atoms with Gasteiger partial charge in [-0.15, -0.1) is 0 Å². The van der Waals surface area contributed by atoms with Crippen molar-refractivity contribution in [2.45, 2.75) is 63.7 Å². The third-order valence-corrected chi connectivity index (χ3v) is 5.79. The molecule has 0 aliphatic heterocycles. The zero-order valence-corrected chi connectivity index (χ0v) is 21.3. The highest BCUT2D eigenvalue weighted by Gasteiger charge is 2.31. The maximum atomic E-state index is 13.3. The summed E-state index contributed by atoms with van der Waals surface area (Å²) in [6.07, 6.45) is 2.79. The molecule has 38 heavy (non-hydrogen) atoms. The molecule has 4 unspecified atom stereocenters. The summed E-state index contributed by atoms with van der Waals surface area (Å²) in [5.41, 5.74) is 12.5. The van der Waals surface area contributed by atoms with E-state index in [1.807, 2.05) is 0 Å². The molecule has 0 radical (unpaired) electrons. The van der Waals surface area contributed by atoms with Crippen molar-refractivity contribution in [1.82, 2.24) is 25.9 Å². The number of hydrogen-bond donors (Lipinski definition) is 7. The van der Waals surface area contributed by atoms with Gasteiger partial charge < -0.3 is 37.5 Å². The highest BCUT2D eigenvalue weighted by atomic mass is 16.4. The van der Waals surface area contributed by atoms with E-state index in [0.717, 1.165) is 0 Å². The maximum Gasteiger partial charge on any atom is 0.326 e. The molecule has 1 aromatic heterocycles. The Bertz CT molecular complexity index is 1090. The molecule has 0 bridgehead atoms. The summed E-state index contributed by atoms with van der Waals surface area (Å²) in [7, 11) is 0. The van der Waals surface area contributed by atoms with E-state index in [-0.39, 0.29) is 25.7 Å². The molecule has 0 saturated carbocycles. The number of H-pyrrole nitrogens is 1. The van der Waals surface area contributed by atoms with Gasteiger partial charge in [-0.05, 0) is 17.9 Å². The minimum Gasteiger partial charge on any atom is -0.480 e. The Balaban J connectivity index is 2.21. The molecule has 0 spiro atoms. The maximum absolute atomic E-state index is 13.3. The predicted molar refractivity (Wildman–Crippen MR) is 137 cm³/mol. The van der Waals surface area contributed by atoms with Gasteiger partial charge in [0.25, 0.3) is 0 Å². The number of hydrogen-bond acceptors (Lipinski definition) is 7. The van der Waals surface area contributed by atoms with E-state index >= 15 is 0 Å². The van der Waals surface area contributed by atoms with Crippen LogP contribution in [0.4, 0.5) is 0 Å². The molecule has 0 aliphatic carbocycles. The number of amides is 4. The number of carboxylic acids is 1. The van der Waals surface area contributed by atoms with Crippen LogP contribution >= 0.6 is 0 Å². The van der Waals surface area contributed by atoms with Gasteiger partial charge >= 0.3 is 5.97 Å². The monoisotopic (exact) mass is 529 g/mol. The molecule has 0 saturated heterocycles. The smallest absolute Gasteiger partial charge is 0.326 e. The summed E-state index contributed by atoms with van der Waals surface area (Å²) in [6.45, 7) is 3.29. The second kappa shape index (κ2) is 14.5. The van der Waals surface area contributed by atoms with Crippen molar-refractivity contribution in [3.63, 3.8) is 0 Å². The van der Waals surface area contributed by atoms with E-state index in [4.69, 9.17) is 11.5 Å². The van der Waals surface area contributed by atoms with Gasteiger partial charge in [0.05, 0.1) is 12.4 Å².